The van der Waals surface area contributed by atoms with Crippen LogP contribution in [0.5, 0.6) is 0 Å². The van der Waals surface area contributed by atoms with E-state index < -0.39 is 5.41 Å². The van der Waals surface area contributed by atoms with Gasteiger partial charge in [-0.05, 0) is 36.5 Å². The van der Waals surface area contributed by atoms with Gasteiger partial charge in [-0.1, -0.05) is 31.6 Å². The first-order valence-electron chi connectivity index (χ1n) is 8.64. The van der Waals surface area contributed by atoms with E-state index >= 15 is 0 Å². The zero-order chi connectivity index (χ0) is 17.8. The summed E-state index contributed by atoms with van der Waals surface area (Å²) < 4.78 is 0. The molecule has 2 aliphatic rings. The lowest BCUT2D eigenvalue weighted by molar-refractivity contribution is -0.118. The first-order chi connectivity index (χ1) is 11.8. The number of hydrogen-bond acceptors (Lipinski definition) is 3. The Bertz CT molecular complexity index is 958. The minimum Gasteiger partial charge on any atom is -0.294 e. The third-order valence-corrected chi connectivity index (χ3v) is 5.68. The number of Topliss-reactive ketones (excluding diaryl/α,β-unsaturated/α-hetero) is 1. The highest BCUT2D eigenvalue weighted by Gasteiger charge is 2.47. The van der Waals surface area contributed by atoms with E-state index in [0.717, 1.165) is 35.2 Å². The molecule has 2 aliphatic carbocycles. The highest BCUT2D eigenvalue weighted by atomic mass is 16.1. The predicted molar refractivity (Wildman–Crippen MR) is 95.0 cm³/mol. The second kappa shape index (κ2) is 5.16. The Morgan fingerprint density at radius 2 is 2.04 bits per heavy atom. The summed E-state index contributed by atoms with van der Waals surface area (Å²) >= 11 is 0. The summed E-state index contributed by atoms with van der Waals surface area (Å²) in [4.78, 5) is 13.2. The van der Waals surface area contributed by atoms with Crippen LogP contribution >= 0.6 is 0 Å². The molecule has 1 atom stereocenters. The lowest BCUT2D eigenvalue weighted by Crippen LogP contribution is -2.40. The van der Waals surface area contributed by atoms with E-state index in [9.17, 15) is 10.1 Å². The van der Waals surface area contributed by atoms with Gasteiger partial charge in [-0.25, -0.2) is 0 Å². The second-order valence-electron chi connectivity index (χ2n) is 8.18. The average molecular weight is 331 g/mol. The van der Waals surface area contributed by atoms with E-state index in [1.54, 1.807) is 6.07 Å². The fourth-order valence-corrected chi connectivity index (χ4v) is 4.66. The summed E-state index contributed by atoms with van der Waals surface area (Å²) in [7, 11) is 0. The molecular weight excluding hydrogens is 310 g/mol. The SMILES string of the molecule is CC1(C)CC(=O)C2=C(Cc3[nH]ncc3[C@]2(C)c2cccc(C#N)c2)C1. The molecule has 126 valence electrons. The van der Waals surface area contributed by atoms with Crippen molar-refractivity contribution in [3.8, 4) is 6.07 Å². The number of rotatable bonds is 1. The number of benzene rings is 1. The van der Waals surface area contributed by atoms with E-state index in [2.05, 4.69) is 37.0 Å². The number of allylic oxidation sites excluding steroid dienone is 2. The zero-order valence-electron chi connectivity index (χ0n) is 14.8. The summed E-state index contributed by atoms with van der Waals surface area (Å²) in [5, 5.41) is 16.7. The van der Waals surface area contributed by atoms with Crippen LogP contribution in [0, 0.1) is 16.7 Å². The van der Waals surface area contributed by atoms with Gasteiger partial charge in [-0.15, -0.1) is 0 Å². The number of nitrogens with one attached hydrogen (secondary N) is 1. The lowest BCUT2D eigenvalue weighted by Gasteiger charge is -2.43. The molecule has 4 nitrogen and oxygen atoms in total. The fourth-order valence-electron chi connectivity index (χ4n) is 4.66. The maximum absolute atomic E-state index is 13.2. The van der Waals surface area contributed by atoms with Crippen molar-refractivity contribution in [2.24, 2.45) is 5.41 Å². The Kier molecular flexibility index (Phi) is 3.27. The normalized spacial score (nSPS) is 24.5. The molecule has 0 radical (unpaired) electrons. The van der Waals surface area contributed by atoms with Gasteiger partial charge in [0.05, 0.1) is 17.8 Å². The van der Waals surface area contributed by atoms with Gasteiger partial charge in [0, 0.05) is 35.1 Å². The minimum absolute atomic E-state index is 0.0111. The average Bonchev–Trinajstić information content (AvgIpc) is 3.02. The summed E-state index contributed by atoms with van der Waals surface area (Å²) in [6.45, 7) is 6.41. The van der Waals surface area contributed by atoms with Gasteiger partial charge in [0.1, 0.15) is 0 Å². The van der Waals surface area contributed by atoms with Crippen molar-refractivity contribution >= 4 is 5.78 Å². The molecule has 0 amide bonds. The summed E-state index contributed by atoms with van der Waals surface area (Å²) in [5.74, 6) is 0.225. The summed E-state index contributed by atoms with van der Waals surface area (Å²) in [5.41, 5.74) is 5.27. The van der Waals surface area contributed by atoms with Gasteiger partial charge in [-0.2, -0.15) is 10.4 Å². The molecule has 0 fully saturated rings. The number of ketones is 1. The number of fused-ring (bicyclic) bond motifs is 1. The van der Waals surface area contributed by atoms with Crippen molar-refractivity contribution in [3.63, 3.8) is 0 Å². The molecule has 0 saturated heterocycles. The summed E-state index contributed by atoms with van der Waals surface area (Å²) in [6, 6.07) is 9.82. The smallest absolute Gasteiger partial charge is 0.160 e. The van der Waals surface area contributed by atoms with Crippen LogP contribution in [0.15, 0.2) is 41.6 Å². The van der Waals surface area contributed by atoms with Crippen molar-refractivity contribution in [1.82, 2.24) is 10.2 Å². The topological polar surface area (TPSA) is 69.5 Å². The minimum atomic E-state index is -0.559. The van der Waals surface area contributed by atoms with Gasteiger partial charge in [0.15, 0.2) is 5.78 Å². The molecule has 1 N–H and O–H groups in total. The van der Waals surface area contributed by atoms with Crippen LogP contribution < -0.4 is 0 Å². The van der Waals surface area contributed by atoms with Crippen LogP contribution in [0.3, 0.4) is 0 Å². The van der Waals surface area contributed by atoms with Crippen molar-refractivity contribution < 1.29 is 4.79 Å². The number of nitrogens with zero attached hydrogens (tertiary/aromatic N) is 2. The molecule has 0 unspecified atom stereocenters. The van der Waals surface area contributed by atoms with Crippen LogP contribution in [0.1, 0.15) is 56.0 Å². The van der Waals surface area contributed by atoms with Crippen molar-refractivity contribution in [1.29, 1.82) is 5.26 Å². The number of H-pyrrole nitrogens is 1. The molecule has 1 aromatic carbocycles. The van der Waals surface area contributed by atoms with Crippen LogP contribution in [-0.4, -0.2) is 16.0 Å². The van der Waals surface area contributed by atoms with Crippen molar-refractivity contribution in [2.75, 3.05) is 0 Å². The van der Waals surface area contributed by atoms with Gasteiger partial charge in [-0.3, -0.25) is 9.89 Å². The molecule has 0 aliphatic heterocycles. The molecule has 0 spiro atoms. The highest BCUT2D eigenvalue weighted by Crippen LogP contribution is 2.51. The van der Waals surface area contributed by atoms with E-state index in [-0.39, 0.29) is 11.2 Å². The molecule has 0 saturated carbocycles. The van der Waals surface area contributed by atoms with Gasteiger partial charge in [0.25, 0.3) is 0 Å². The fraction of sp³-hybridized carbons (Fsp3) is 0.381. The third kappa shape index (κ3) is 2.26. The maximum atomic E-state index is 13.2. The Labute approximate surface area is 147 Å². The highest BCUT2D eigenvalue weighted by molar-refractivity contribution is 6.01. The number of carbonyl (C=O) groups excluding carboxylic acids is 1. The molecule has 1 heterocycles. The molecule has 25 heavy (non-hydrogen) atoms. The first-order valence-corrected chi connectivity index (χ1v) is 8.64. The predicted octanol–water partition coefficient (Wildman–Crippen LogP) is 3.83. The quantitative estimate of drug-likeness (QED) is 0.863. The van der Waals surface area contributed by atoms with Crippen LogP contribution in [0.2, 0.25) is 0 Å². The number of aromatic nitrogens is 2. The largest absolute Gasteiger partial charge is 0.294 e. The van der Waals surface area contributed by atoms with E-state index in [1.807, 2.05) is 24.4 Å². The number of carbonyl (C=O) groups is 1. The molecule has 4 rings (SSSR count). The monoisotopic (exact) mass is 331 g/mol. The number of aromatic amines is 1. The molecular formula is C21H21N3O. The molecule has 0 bridgehead atoms. The maximum Gasteiger partial charge on any atom is 0.160 e. The number of nitriles is 1. The Hall–Kier alpha value is -2.67. The van der Waals surface area contributed by atoms with Crippen molar-refractivity contribution in [3.05, 3.63) is 64.0 Å². The number of hydrogen-bond donors (Lipinski definition) is 1. The molecule has 1 aromatic heterocycles. The van der Waals surface area contributed by atoms with Crippen LogP contribution in [0.25, 0.3) is 0 Å². The lowest BCUT2D eigenvalue weighted by atomic mass is 9.58. The Morgan fingerprint density at radius 3 is 2.80 bits per heavy atom. The van der Waals surface area contributed by atoms with Gasteiger partial charge < -0.3 is 0 Å². The molecule has 4 heteroatoms. The second-order valence-corrected chi connectivity index (χ2v) is 8.18. The van der Waals surface area contributed by atoms with E-state index in [1.165, 1.54) is 5.57 Å². The summed E-state index contributed by atoms with van der Waals surface area (Å²) in [6.07, 6.45) is 4.07. The van der Waals surface area contributed by atoms with E-state index in [0.29, 0.717) is 12.0 Å². The van der Waals surface area contributed by atoms with Gasteiger partial charge in [0.2, 0.25) is 0 Å². The first kappa shape index (κ1) is 15.8. The Balaban J connectivity index is 2.00. The third-order valence-electron chi connectivity index (χ3n) is 5.68. The zero-order valence-corrected chi connectivity index (χ0v) is 14.8. The van der Waals surface area contributed by atoms with Gasteiger partial charge >= 0.3 is 0 Å². The molecule has 2 aromatic rings. The van der Waals surface area contributed by atoms with Crippen molar-refractivity contribution in [2.45, 2.75) is 45.4 Å². The van der Waals surface area contributed by atoms with E-state index in [4.69, 9.17) is 0 Å². The van der Waals surface area contributed by atoms with Crippen LogP contribution in [-0.2, 0) is 16.6 Å². The van der Waals surface area contributed by atoms with Crippen LogP contribution in [0.4, 0.5) is 0 Å². The standard InChI is InChI=1S/C21H21N3O/c1-20(2)9-14-8-17-16(12-23-24-17)21(3,19(14)18(25)10-20)15-6-4-5-13(7-15)11-22/h4-7,12H,8-10H2,1-3H3,(H,23,24)/t21-/m0/s1. The Morgan fingerprint density at radius 1 is 1.24 bits per heavy atom.